The van der Waals surface area contributed by atoms with Crippen molar-refractivity contribution in [2.45, 2.75) is 19.1 Å². The number of carbonyl (C=O) groups excluding carboxylic acids is 2. The minimum absolute atomic E-state index is 0.113. The summed E-state index contributed by atoms with van der Waals surface area (Å²) in [5.74, 6) is -1.23. The summed E-state index contributed by atoms with van der Waals surface area (Å²) in [6, 6.07) is 9.36. The summed E-state index contributed by atoms with van der Waals surface area (Å²) in [7, 11) is 1.27. The van der Waals surface area contributed by atoms with Crippen molar-refractivity contribution in [3.05, 3.63) is 35.9 Å². The van der Waals surface area contributed by atoms with Gasteiger partial charge in [-0.2, -0.15) is 0 Å². The first-order valence-corrected chi connectivity index (χ1v) is 6.83. The van der Waals surface area contributed by atoms with E-state index in [0.29, 0.717) is 13.0 Å². The number of likely N-dealkylation sites (tertiary alicyclic amines) is 1. The first-order valence-electron chi connectivity index (χ1n) is 6.83. The lowest BCUT2D eigenvalue weighted by Crippen LogP contribution is -2.49. The first-order chi connectivity index (χ1) is 10.1. The Kier molecular flexibility index (Phi) is 5.16. The van der Waals surface area contributed by atoms with Crippen LogP contribution in [0.2, 0.25) is 0 Å². The van der Waals surface area contributed by atoms with Gasteiger partial charge >= 0.3 is 12.1 Å². The van der Waals surface area contributed by atoms with Crippen molar-refractivity contribution in [2.75, 3.05) is 20.2 Å². The number of hydrogen-bond donors (Lipinski definition) is 1. The normalized spacial score (nSPS) is 21.7. The Morgan fingerprint density at radius 3 is 2.71 bits per heavy atom. The summed E-state index contributed by atoms with van der Waals surface area (Å²) < 4.78 is 9.86. The number of esters is 1. The topological polar surface area (TPSA) is 76.1 Å². The van der Waals surface area contributed by atoms with Gasteiger partial charge in [0, 0.05) is 13.1 Å². The van der Waals surface area contributed by atoms with Crippen molar-refractivity contribution in [1.82, 2.24) is 4.90 Å². The number of amides is 1. The molecule has 6 nitrogen and oxygen atoms in total. The van der Waals surface area contributed by atoms with Gasteiger partial charge < -0.3 is 19.5 Å². The molecular formula is C15H19NO5. The molecule has 0 spiro atoms. The molecule has 21 heavy (non-hydrogen) atoms. The molecule has 6 heteroatoms. The van der Waals surface area contributed by atoms with Crippen LogP contribution in [0.4, 0.5) is 4.79 Å². The Balaban J connectivity index is 1.89. The lowest BCUT2D eigenvalue weighted by atomic mass is 9.95. The molecule has 0 saturated carbocycles. The highest BCUT2D eigenvalue weighted by atomic mass is 16.6. The highest BCUT2D eigenvalue weighted by Gasteiger charge is 2.36. The van der Waals surface area contributed by atoms with E-state index < -0.39 is 24.1 Å². The monoisotopic (exact) mass is 293 g/mol. The lowest BCUT2D eigenvalue weighted by molar-refractivity contribution is -0.152. The molecule has 1 heterocycles. The van der Waals surface area contributed by atoms with Crippen molar-refractivity contribution in [2.24, 2.45) is 5.92 Å². The second kappa shape index (κ2) is 7.08. The van der Waals surface area contributed by atoms with Gasteiger partial charge in [0.25, 0.3) is 0 Å². The van der Waals surface area contributed by atoms with Crippen molar-refractivity contribution >= 4 is 12.1 Å². The van der Waals surface area contributed by atoms with Gasteiger partial charge in [-0.05, 0) is 12.0 Å². The maximum atomic E-state index is 12.0. The number of piperidine rings is 1. The molecule has 0 bridgehead atoms. The third kappa shape index (κ3) is 3.95. The highest BCUT2D eigenvalue weighted by molar-refractivity contribution is 5.75. The highest BCUT2D eigenvalue weighted by Crippen LogP contribution is 2.19. The SMILES string of the molecule is COC(=O)C1CN(C(=O)OCc2ccccc2)CCC1O. The fourth-order valence-corrected chi connectivity index (χ4v) is 2.30. The molecule has 2 unspecified atom stereocenters. The van der Waals surface area contributed by atoms with Crippen LogP contribution in [0.25, 0.3) is 0 Å². The Morgan fingerprint density at radius 2 is 2.05 bits per heavy atom. The van der Waals surface area contributed by atoms with Crippen LogP contribution in [0.15, 0.2) is 30.3 Å². The van der Waals surface area contributed by atoms with E-state index in [2.05, 4.69) is 4.74 Å². The second-order valence-corrected chi connectivity index (χ2v) is 4.97. The fraction of sp³-hybridized carbons (Fsp3) is 0.467. The Bertz CT molecular complexity index is 490. The smallest absolute Gasteiger partial charge is 0.410 e. The van der Waals surface area contributed by atoms with Gasteiger partial charge in [0.15, 0.2) is 0 Å². The zero-order valence-corrected chi connectivity index (χ0v) is 11.9. The zero-order chi connectivity index (χ0) is 15.2. The van der Waals surface area contributed by atoms with Gasteiger partial charge in [0.05, 0.1) is 13.2 Å². The van der Waals surface area contributed by atoms with Crippen molar-refractivity contribution in [3.8, 4) is 0 Å². The number of ether oxygens (including phenoxy) is 2. The van der Waals surface area contributed by atoms with Gasteiger partial charge in [-0.3, -0.25) is 4.79 Å². The third-order valence-electron chi connectivity index (χ3n) is 3.54. The van der Waals surface area contributed by atoms with Crippen molar-refractivity contribution < 1.29 is 24.2 Å². The van der Waals surface area contributed by atoms with E-state index in [0.717, 1.165) is 5.56 Å². The summed E-state index contributed by atoms with van der Waals surface area (Å²) in [5, 5.41) is 9.80. The number of nitrogens with zero attached hydrogens (tertiary/aromatic N) is 1. The van der Waals surface area contributed by atoms with Crippen LogP contribution in [0.1, 0.15) is 12.0 Å². The minimum Gasteiger partial charge on any atom is -0.469 e. The number of benzene rings is 1. The molecule has 114 valence electrons. The molecule has 0 aliphatic carbocycles. The predicted molar refractivity (Wildman–Crippen MR) is 74.3 cm³/mol. The van der Waals surface area contributed by atoms with E-state index in [4.69, 9.17) is 4.74 Å². The molecule has 0 radical (unpaired) electrons. The van der Waals surface area contributed by atoms with Crippen LogP contribution in [0.5, 0.6) is 0 Å². The average Bonchev–Trinajstić information content (AvgIpc) is 2.53. The molecule has 0 aromatic heterocycles. The van der Waals surface area contributed by atoms with Crippen LogP contribution in [0.3, 0.4) is 0 Å². The van der Waals surface area contributed by atoms with Crippen LogP contribution in [-0.2, 0) is 20.9 Å². The van der Waals surface area contributed by atoms with Crippen molar-refractivity contribution in [3.63, 3.8) is 0 Å². The van der Waals surface area contributed by atoms with E-state index in [1.54, 1.807) is 0 Å². The van der Waals surface area contributed by atoms with E-state index in [9.17, 15) is 14.7 Å². The van der Waals surface area contributed by atoms with Gasteiger partial charge in [0.1, 0.15) is 12.5 Å². The second-order valence-electron chi connectivity index (χ2n) is 4.97. The number of hydrogen-bond acceptors (Lipinski definition) is 5. The fourth-order valence-electron chi connectivity index (χ4n) is 2.30. The molecule has 1 saturated heterocycles. The van der Waals surface area contributed by atoms with Crippen LogP contribution >= 0.6 is 0 Å². The molecule has 1 aliphatic rings. The van der Waals surface area contributed by atoms with Crippen LogP contribution < -0.4 is 0 Å². The summed E-state index contributed by atoms with van der Waals surface area (Å²) in [4.78, 5) is 25.0. The predicted octanol–water partition coefficient (Wildman–Crippen LogP) is 1.18. The van der Waals surface area contributed by atoms with Crippen LogP contribution in [0, 0.1) is 5.92 Å². The summed E-state index contributed by atoms with van der Waals surface area (Å²) in [5.41, 5.74) is 0.896. The molecule has 1 fully saturated rings. The molecule has 1 N–H and O–H groups in total. The molecule has 2 atom stereocenters. The maximum absolute atomic E-state index is 12.0. The third-order valence-corrected chi connectivity index (χ3v) is 3.54. The van der Waals surface area contributed by atoms with E-state index >= 15 is 0 Å². The maximum Gasteiger partial charge on any atom is 0.410 e. The summed E-state index contributed by atoms with van der Waals surface area (Å²) in [6.45, 7) is 0.658. The number of rotatable bonds is 3. The Morgan fingerprint density at radius 1 is 1.33 bits per heavy atom. The summed E-state index contributed by atoms with van der Waals surface area (Å²) >= 11 is 0. The average molecular weight is 293 g/mol. The van der Waals surface area contributed by atoms with Gasteiger partial charge in [-0.25, -0.2) is 4.79 Å². The number of aliphatic hydroxyl groups is 1. The van der Waals surface area contributed by atoms with Crippen LogP contribution in [-0.4, -0.2) is 48.4 Å². The molecule has 1 aliphatic heterocycles. The van der Waals surface area contributed by atoms with Gasteiger partial charge in [0.2, 0.25) is 0 Å². The molecular weight excluding hydrogens is 274 g/mol. The van der Waals surface area contributed by atoms with E-state index in [1.165, 1.54) is 12.0 Å². The number of aliphatic hydroxyl groups excluding tert-OH is 1. The quantitative estimate of drug-likeness (QED) is 0.847. The Labute approximate surface area is 123 Å². The zero-order valence-electron chi connectivity index (χ0n) is 11.9. The van der Waals surface area contributed by atoms with Crippen molar-refractivity contribution in [1.29, 1.82) is 0 Å². The lowest BCUT2D eigenvalue weighted by Gasteiger charge is -2.33. The van der Waals surface area contributed by atoms with E-state index in [1.807, 2.05) is 30.3 Å². The molecule has 1 aromatic rings. The van der Waals surface area contributed by atoms with Gasteiger partial charge in [-0.1, -0.05) is 30.3 Å². The first kappa shape index (κ1) is 15.3. The van der Waals surface area contributed by atoms with E-state index in [-0.39, 0.29) is 13.2 Å². The standard InChI is InChI=1S/C15H19NO5/c1-20-14(18)12-9-16(8-7-13(12)17)15(19)21-10-11-5-3-2-4-6-11/h2-6,12-13,17H,7-10H2,1H3. The minimum atomic E-state index is -0.782. The largest absolute Gasteiger partial charge is 0.469 e. The molecule has 1 amide bonds. The molecule has 2 rings (SSSR count). The molecule has 1 aromatic carbocycles. The van der Waals surface area contributed by atoms with Gasteiger partial charge in [-0.15, -0.1) is 0 Å². The number of methoxy groups -OCH3 is 1. The Hall–Kier alpha value is -2.08. The summed E-state index contributed by atoms with van der Waals surface area (Å²) in [6.07, 6.45) is -0.935. The number of carbonyl (C=O) groups is 2.